The summed E-state index contributed by atoms with van der Waals surface area (Å²) in [6.45, 7) is 2.34. The van der Waals surface area contributed by atoms with E-state index in [9.17, 15) is 0 Å². The van der Waals surface area contributed by atoms with Crippen molar-refractivity contribution < 1.29 is 0 Å². The van der Waals surface area contributed by atoms with E-state index in [1.54, 1.807) is 0 Å². The van der Waals surface area contributed by atoms with Crippen LogP contribution in [0.15, 0.2) is 0 Å². The summed E-state index contributed by atoms with van der Waals surface area (Å²) in [5, 5.41) is 2.31. The fourth-order valence-electron chi connectivity index (χ4n) is 1.62. The second-order valence-corrected chi connectivity index (χ2v) is 2.84. The van der Waals surface area contributed by atoms with Crippen molar-refractivity contribution >= 4 is 0 Å². The van der Waals surface area contributed by atoms with E-state index < -0.39 is 0 Å². The lowest BCUT2D eigenvalue weighted by atomic mass is 10.1. The highest BCUT2D eigenvalue weighted by Gasteiger charge is 2.25. The van der Waals surface area contributed by atoms with Crippen LogP contribution in [0.4, 0.5) is 0 Å². The van der Waals surface area contributed by atoms with E-state index >= 15 is 0 Å². The monoisotopic (exact) mass is 127 g/mol. The lowest BCUT2D eigenvalue weighted by Crippen LogP contribution is -2.42. The maximum absolute atomic E-state index is 3.14. The molecule has 2 aliphatic rings. The van der Waals surface area contributed by atoms with E-state index in [0.717, 1.165) is 12.6 Å². The zero-order valence-corrected chi connectivity index (χ0v) is 5.56. The minimum atomic E-state index is 0.777. The van der Waals surface area contributed by atoms with Gasteiger partial charge in [-0.25, -0.2) is 10.4 Å². The molecule has 52 valence electrons. The number of nitrogens with zero attached hydrogens (tertiary/aromatic N) is 1. The standard InChI is InChI=1S/C6H13N3/c1-2-4-9-6(3-1)5-7-8-9/h6-8H,1-5H2. The molecule has 0 aromatic heterocycles. The van der Waals surface area contributed by atoms with Gasteiger partial charge >= 0.3 is 0 Å². The zero-order valence-electron chi connectivity index (χ0n) is 5.56. The Hall–Kier alpha value is -0.120. The molecule has 0 radical (unpaired) electrons. The molecule has 1 atom stereocenters. The maximum Gasteiger partial charge on any atom is 0.0395 e. The van der Waals surface area contributed by atoms with Crippen LogP contribution in [0.1, 0.15) is 19.3 Å². The molecule has 2 saturated heterocycles. The van der Waals surface area contributed by atoms with E-state index in [0.29, 0.717) is 0 Å². The first-order valence-corrected chi connectivity index (χ1v) is 3.72. The predicted octanol–water partition coefficient (Wildman–Crippen LogP) is -0.136. The number of rotatable bonds is 0. The van der Waals surface area contributed by atoms with Crippen LogP contribution in [0.25, 0.3) is 0 Å². The van der Waals surface area contributed by atoms with Gasteiger partial charge in [0.25, 0.3) is 0 Å². The molecule has 1 unspecified atom stereocenters. The Labute approximate surface area is 55.4 Å². The zero-order chi connectivity index (χ0) is 6.10. The van der Waals surface area contributed by atoms with Crippen LogP contribution in [-0.4, -0.2) is 24.1 Å². The molecule has 3 heteroatoms. The van der Waals surface area contributed by atoms with Gasteiger partial charge in [0.15, 0.2) is 0 Å². The lowest BCUT2D eigenvalue weighted by Gasteiger charge is -2.26. The van der Waals surface area contributed by atoms with Crippen molar-refractivity contribution in [2.24, 2.45) is 0 Å². The molecule has 2 aliphatic heterocycles. The molecule has 2 N–H and O–H groups in total. The molecule has 2 fully saturated rings. The van der Waals surface area contributed by atoms with Crippen LogP contribution >= 0.6 is 0 Å². The molecule has 0 amide bonds. The van der Waals surface area contributed by atoms with Gasteiger partial charge in [0.1, 0.15) is 0 Å². The minimum absolute atomic E-state index is 0.777. The van der Waals surface area contributed by atoms with Crippen molar-refractivity contribution in [3.05, 3.63) is 0 Å². The summed E-state index contributed by atoms with van der Waals surface area (Å²) in [6, 6.07) is 0.777. The Kier molecular flexibility index (Phi) is 1.41. The van der Waals surface area contributed by atoms with Crippen LogP contribution in [0.3, 0.4) is 0 Å². The first-order chi connectivity index (χ1) is 4.47. The molecule has 0 bridgehead atoms. The van der Waals surface area contributed by atoms with Gasteiger partial charge in [-0.3, -0.25) is 0 Å². The molecule has 9 heavy (non-hydrogen) atoms. The normalized spacial score (nSPS) is 36.7. The minimum Gasteiger partial charge on any atom is -0.242 e. The van der Waals surface area contributed by atoms with Crippen molar-refractivity contribution in [2.75, 3.05) is 13.1 Å². The summed E-state index contributed by atoms with van der Waals surface area (Å²) < 4.78 is 0. The Morgan fingerprint density at radius 1 is 1.33 bits per heavy atom. The third kappa shape index (κ3) is 0.956. The summed E-state index contributed by atoms with van der Waals surface area (Å²) in [4.78, 5) is 0. The van der Waals surface area contributed by atoms with E-state index in [1.807, 2.05) is 0 Å². The highest BCUT2D eigenvalue weighted by atomic mass is 15.7. The van der Waals surface area contributed by atoms with Crippen molar-refractivity contribution in [1.29, 1.82) is 0 Å². The SMILES string of the molecule is C1CCN2NNCC2C1. The third-order valence-electron chi connectivity index (χ3n) is 2.19. The molecule has 3 nitrogen and oxygen atoms in total. The summed E-state index contributed by atoms with van der Waals surface area (Å²) in [5.74, 6) is 0. The van der Waals surface area contributed by atoms with E-state index in [4.69, 9.17) is 0 Å². The van der Waals surface area contributed by atoms with Gasteiger partial charge in [-0.05, 0) is 12.8 Å². The van der Waals surface area contributed by atoms with Gasteiger partial charge in [0, 0.05) is 19.1 Å². The first kappa shape index (κ1) is 5.65. The summed E-state index contributed by atoms with van der Waals surface area (Å²) >= 11 is 0. The predicted molar refractivity (Wildman–Crippen MR) is 35.5 cm³/mol. The van der Waals surface area contributed by atoms with Gasteiger partial charge in [0.05, 0.1) is 0 Å². The van der Waals surface area contributed by atoms with Gasteiger partial charge in [-0.1, -0.05) is 6.42 Å². The van der Waals surface area contributed by atoms with Gasteiger partial charge < -0.3 is 0 Å². The van der Waals surface area contributed by atoms with Crippen molar-refractivity contribution in [3.63, 3.8) is 0 Å². The van der Waals surface area contributed by atoms with Crippen LogP contribution in [0.2, 0.25) is 0 Å². The molecule has 0 spiro atoms. The van der Waals surface area contributed by atoms with E-state index in [2.05, 4.69) is 16.0 Å². The average molecular weight is 127 g/mol. The highest BCUT2D eigenvalue weighted by molar-refractivity contribution is 4.78. The molecular formula is C6H13N3. The summed E-state index contributed by atoms with van der Waals surface area (Å²) in [6.07, 6.45) is 4.12. The third-order valence-corrected chi connectivity index (χ3v) is 2.19. The fourth-order valence-corrected chi connectivity index (χ4v) is 1.62. The van der Waals surface area contributed by atoms with Gasteiger partial charge in [0.2, 0.25) is 0 Å². The first-order valence-electron chi connectivity index (χ1n) is 3.72. The number of hydrogen-bond donors (Lipinski definition) is 2. The van der Waals surface area contributed by atoms with Crippen molar-refractivity contribution in [2.45, 2.75) is 25.3 Å². The summed E-state index contributed by atoms with van der Waals surface area (Å²) in [7, 11) is 0. The molecule has 2 heterocycles. The Bertz CT molecular complexity index is 92.5. The number of fused-ring (bicyclic) bond motifs is 1. The van der Waals surface area contributed by atoms with Crippen LogP contribution < -0.4 is 11.0 Å². The average Bonchev–Trinajstić information content (AvgIpc) is 2.33. The Morgan fingerprint density at radius 2 is 2.33 bits per heavy atom. The van der Waals surface area contributed by atoms with Crippen LogP contribution in [-0.2, 0) is 0 Å². The quantitative estimate of drug-likeness (QED) is 0.474. The van der Waals surface area contributed by atoms with E-state index in [-0.39, 0.29) is 0 Å². The number of nitrogens with one attached hydrogen (secondary N) is 2. The highest BCUT2D eigenvalue weighted by Crippen LogP contribution is 2.15. The maximum atomic E-state index is 3.14. The van der Waals surface area contributed by atoms with Crippen molar-refractivity contribution in [3.8, 4) is 0 Å². The van der Waals surface area contributed by atoms with Crippen LogP contribution in [0, 0.1) is 0 Å². The van der Waals surface area contributed by atoms with Crippen molar-refractivity contribution in [1.82, 2.24) is 16.0 Å². The lowest BCUT2D eigenvalue weighted by molar-refractivity contribution is 0.139. The second-order valence-electron chi connectivity index (χ2n) is 2.84. The smallest absolute Gasteiger partial charge is 0.0395 e. The number of hydrogen-bond acceptors (Lipinski definition) is 3. The molecule has 2 rings (SSSR count). The van der Waals surface area contributed by atoms with Gasteiger partial charge in [-0.15, -0.1) is 0 Å². The van der Waals surface area contributed by atoms with E-state index in [1.165, 1.54) is 25.8 Å². The topological polar surface area (TPSA) is 27.3 Å². The van der Waals surface area contributed by atoms with Gasteiger partial charge in [-0.2, -0.15) is 5.53 Å². The molecule has 0 saturated carbocycles. The molecular weight excluding hydrogens is 114 g/mol. The molecule has 0 aliphatic carbocycles. The largest absolute Gasteiger partial charge is 0.242 e. The Morgan fingerprint density at radius 3 is 3.22 bits per heavy atom. The number of piperidine rings is 1. The molecule has 0 aromatic carbocycles. The number of hydrazine groups is 2. The summed E-state index contributed by atoms with van der Waals surface area (Å²) in [5.41, 5.74) is 6.28. The van der Waals surface area contributed by atoms with Crippen LogP contribution in [0.5, 0.6) is 0 Å². The second kappa shape index (κ2) is 2.25. The Balaban J connectivity index is 1.97. The fraction of sp³-hybridized carbons (Fsp3) is 1.00. The molecule has 0 aromatic rings.